The molecule has 19 heavy (non-hydrogen) atoms. The van der Waals surface area contributed by atoms with Crippen LogP contribution >= 0.6 is 0 Å². The van der Waals surface area contributed by atoms with E-state index in [1.165, 1.54) is 12.8 Å². The zero-order valence-electron chi connectivity index (χ0n) is 11.7. The fourth-order valence-electron chi connectivity index (χ4n) is 3.53. The first-order valence-electron chi connectivity index (χ1n) is 7.64. The molecule has 5 heteroatoms. The van der Waals surface area contributed by atoms with E-state index in [0.717, 1.165) is 32.5 Å². The monoisotopic (exact) mass is 267 g/mol. The van der Waals surface area contributed by atoms with Crippen molar-refractivity contribution in [1.82, 2.24) is 15.5 Å². The first-order chi connectivity index (χ1) is 9.25. The third kappa shape index (κ3) is 2.78. The van der Waals surface area contributed by atoms with Gasteiger partial charge in [0.05, 0.1) is 24.8 Å². The zero-order valence-corrected chi connectivity index (χ0v) is 11.7. The van der Waals surface area contributed by atoms with Crippen molar-refractivity contribution in [2.75, 3.05) is 26.2 Å². The summed E-state index contributed by atoms with van der Waals surface area (Å²) < 4.78 is 5.84. The second-order valence-corrected chi connectivity index (χ2v) is 6.06. The standard InChI is InChI=1S/C14H25N3O2/c1-10-8-16-11(9-15-10)14(18)17-6-7-19-13-5-3-2-4-12(13)17/h10-13,15-16H,2-9H2,1H3. The number of carbonyl (C=O) groups is 1. The highest BCUT2D eigenvalue weighted by atomic mass is 16.5. The molecule has 0 aromatic carbocycles. The molecule has 3 aliphatic rings. The molecule has 4 unspecified atom stereocenters. The Balaban J connectivity index is 1.64. The summed E-state index contributed by atoms with van der Waals surface area (Å²) in [6.07, 6.45) is 4.96. The second kappa shape index (κ2) is 5.77. The van der Waals surface area contributed by atoms with Crippen LogP contribution in [0.15, 0.2) is 0 Å². The highest BCUT2D eigenvalue weighted by Crippen LogP contribution is 2.28. The third-order valence-electron chi connectivity index (χ3n) is 4.65. The number of nitrogens with one attached hydrogen (secondary N) is 2. The lowest BCUT2D eigenvalue weighted by atomic mass is 9.89. The number of rotatable bonds is 1. The smallest absolute Gasteiger partial charge is 0.241 e. The number of hydrogen-bond acceptors (Lipinski definition) is 4. The van der Waals surface area contributed by atoms with Gasteiger partial charge in [-0.15, -0.1) is 0 Å². The van der Waals surface area contributed by atoms with Crippen molar-refractivity contribution in [2.45, 2.75) is 56.8 Å². The van der Waals surface area contributed by atoms with Crippen molar-refractivity contribution in [2.24, 2.45) is 0 Å². The van der Waals surface area contributed by atoms with Crippen molar-refractivity contribution >= 4 is 5.91 Å². The van der Waals surface area contributed by atoms with E-state index in [2.05, 4.69) is 22.5 Å². The van der Waals surface area contributed by atoms with Crippen molar-refractivity contribution in [1.29, 1.82) is 0 Å². The lowest BCUT2D eigenvalue weighted by Crippen LogP contribution is -2.64. The molecule has 0 radical (unpaired) electrons. The molecule has 1 aliphatic carbocycles. The maximum Gasteiger partial charge on any atom is 0.241 e. The first-order valence-corrected chi connectivity index (χ1v) is 7.64. The number of ether oxygens (including phenoxy) is 1. The van der Waals surface area contributed by atoms with E-state index in [4.69, 9.17) is 4.74 Å². The third-order valence-corrected chi connectivity index (χ3v) is 4.65. The lowest BCUT2D eigenvalue weighted by molar-refractivity contribution is -0.152. The molecular weight excluding hydrogens is 242 g/mol. The van der Waals surface area contributed by atoms with E-state index in [1.54, 1.807) is 0 Å². The summed E-state index contributed by atoms with van der Waals surface area (Å²) in [5, 5.41) is 6.75. The normalized spacial score (nSPS) is 39.7. The van der Waals surface area contributed by atoms with Crippen LogP contribution in [-0.2, 0) is 9.53 Å². The molecule has 108 valence electrons. The van der Waals surface area contributed by atoms with Crippen LogP contribution < -0.4 is 10.6 Å². The van der Waals surface area contributed by atoms with Crippen LogP contribution in [0.25, 0.3) is 0 Å². The number of hydrogen-bond donors (Lipinski definition) is 2. The summed E-state index contributed by atoms with van der Waals surface area (Å²) in [5.74, 6) is 0.264. The molecule has 4 atom stereocenters. The number of fused-ring (bicyclic) bond motifs is 1. The molecule has 1 saturated carbocycles. The lowest BCUT2D eigenvalue weighted by Gasteiger charge is -2.45. The Bertz CT molecular complexity index is 327. The second-order valence-electron chi connectivity index (χ2n) is 6.06. The van der Waals surface area contributed by atoms with E-state index in [-0.39, 0.29) is 18.1 Å². The molecule has 2 saturated heterocycles. The Hall–Kier alpha value is -0.650. The Morgan fingerprint density at radius 2 is 2.05 bits per heavy atom. The van der Waals surface area contributed by atoms with Gasteiger partial charge in [-0.1, -0.05) is 12.8 Å². The molecule has 0 aromatic heterocycles. The Morgan fingerprint density at radius 3 is 2.84 bits per heavy atom. The van der Waals surface area contributed by atoms with Crippen LogP contribution in [0, 0.1) is 0 Å². The molecule has 2 N–H and O–H groups in total. The van der Waals surface area contributed by atoms with E-state index in [0.29, 0.717) is 18.7 Å². The number of piperazine rings is 1. The largest absolute Gasteiger partial charge is 0.374 e. The van der Waals surface area contributed by atoms with Gasteiger partial charge in [-0.05, 0) is 19.8 Å². The van der Waals surface area contributed by atoms with Gasteiger partial charge in [-0.25, -0.2) is 0 Å². The van der Waals surface area contributed by atoms with E-state index >= 15 is 0 Å². The highest BCUT2D eigenvalue weighted by Gasteiger charge is 2.39. The van der Waals surface area contributed by atoms with Gasteiger partial charge < -0.3 is 20.3 Å². The molecule has 0 bridgehead atoms. The molecule has 2 heterocycles. The minimum atomic E-state index is -0.0584. The number of carbonyl (C=O) groups excluding carboxylic acids is 1. The quantitative estimate of drug-likeness (QED) is 0.708. The number of amides is 1. The van der Waals surface area contributed by atoms with Gasteiger partial charge >= 0.3 is 0 Å². The molecule has 1 amide bonds. The molecule has 3 fully saturated rings. The van der Waals surface area contributed by atoms with Crippen LogP contribution in [0.1, 0.15) is 32.6 Å². The predicted molar refractivity (Wildman–Crippen MR) is 73.0 cm³/mol. The van der Waals surface area contributed by atoms with E-state index in [1.807, 2.05) is 0 Å². The topological polar surface area (TPSA) is 53.6 Å². The van der Waals surface area contributed by atoms with Gasteiger partial charge in [-0.3, -0.25) is 4.79 Å². The minimum absolute atomic E-state index is 0.0584. The summed E-state index contributed by atoms with van der Waals surface area (Å²) in [6.45, 7) is 5.21. The van der Waals surface area contributed by atoms with Crippen LogP contribution in [0.2, 0.25) is 0 Å². The molecule has 3 rings (SSSR count). The van der Waals surface area contributed by atoms with Crippen LogP contribution in [0.4, 0.5) is 0 Å². The Morgan fingerprint density at radius 1 is 1.21 bits per heavy atom. The SMILES string of the molecule is CC1CNC(C(=O)N2CCOC3CCCCC32)CN1. The van der Waals surface area contributed by atoms with Crippen LogP contribution in [-0.4, -0.2) is 61.3 Å². The van der Waals surface area contributed by atoms with Gasteiger partial charge in [0.15, 0.2) is 0 Å². The fraction of sp³-hybridized carbons (Fsp3) is 0.929. The minimum Gasteiger partial charge on any atom is -0.374 e. The molecule has 0 aromatic rings. The van der Waals surface area contributed by atoms with Crippen molar-refractivity contribution < 1.29 is 9.53 Å². The van der Waals surface area contributed by atoms with Crippen molar-refractivity contribution in [3.05, 3.63) is 0 Å². The maximum absolute atomic E-state index is 12.7. The Kier molecular flexibility index (Phi) is 4.05. The predicted octanol–water partition coefficient (Wildman–Crippen LogP) is 0.106. The summed E-state index contributed by atoms with van der Waals surface area (Å²) in [4.78, 5) is 14.8. The first kappa shape index (κ1) is 13.3. The molecule has 5 nitrogen and oxygen atoms in total. The highest BCUT2D eigenvalue weighted by molar-refractivity contribution is 5.82. The van der Waals surface area contributed by atoms with Gasteiger partial charge in [-0.2, -0.15) is 0 Å². The van der Waals surface area contributed by atoms with Gasteiger partial charge in [0.25, 0.3) is 0 Å². The van der Waals surface area contributed by atoms with Crippen molar-refractivity contribution in [3.8, 4) is 0 Å². The summed E-state index contributed by atoms with van der Waals surface area (Å²) in [7, 11) is 0. The molecule has 0 spiro atoms. The maximum atomic E-state index is 12.7. The van der Waals surface area contributed by atoms with Crippen LogP contribution in [0.3, 0.4) is 0 Å². The molecule has 2 aliphatic heterocycles. The van der Waals surface area contributed by atoms with Gasteiger partial charge in [0.1, 0.15) is 0 Å². The Labute approximate surface area is 115 Å². The van der Waals surface area contributed by atoms with E-state index in [9.17, 15) is 4.79 Å². The number of nitrogens with zero attached hydrogens (tertiary/aromatic N) is 1. The summed E-state index contributed by atoms with van der Waals surface area (Å²) >= 11 is 0. The average molecular weight is 267 g/mol. The van der Waals surface area contributed by atoms with Crippen molar-refractivity contribution in [3.63, 3.8) is 0 Å². The van der Waals surface area contributed by atoms with Crippen LogP contribution in [0.5, 0.6) is 0 Å². The average Bonchev–Trinajstić information content (AvgIpc) is 2.47. The zero-order chi connectivity index (χ0) is 13.2. The molecular formula is C14H25N3O2. The van der Waals surface area contributed by atoms with Gasteiger partial charge in [0.2, 0.25) is 5.91 Å². The fourth-order valence-corrected chi connectivity index (χ4v) is 3.53. The summed E-state index contributed by atoms with van der Waals surface area (Å²) in [5.41, 5.74) is 0. The number of morpholine rings is 1. The van der Waals surface area contributed by atoms with E-state index < -0.39 is 0 Å². The van der Waals surface area contributed by atoms with Gasteiger partial charge in [0, 0.05) is 25.7 Å². The summed E-state index contributed by atoms with van der Waals surface area (Å²) in [6, 6.07) is 0.712.